The zero-order valence-electron chi connectivity index (χ0n) is 20.5. The van der Waals surface area contributed by atoms with Crippen LogP contribution in [0.1, 0.15) is 23.6 Å². The molecular formula is C36H24S. The number of fused-ring (bicyclic) bond motifs is 5. The summed E-state index contributed by atoms with van der Waals surface area (Å²) in [6, 6.07) is 47.2. The molecule has 1 heteroatoms. The van der Waals surface area contributed by atoms with Crippen molar-refractivity contribution in [1.29, 1.82) is 0 Å². The predicted molar refractivity (Wildman–Crippen MR) is 156 cm³/mol. The average molecular weight is 489 g/mol. The second-order valence-corrected chi connectivity index (χ2v) is 11.3. The molecule has 0 bridgehead atoms. The molecule has 2 aliphatic rings. The van der Waals surface area contributed by atoms with Gasteiger partial charge in [0.1, 0.15) is 0 Å². The van der Waals surface area contributed by atoms with Crippen LogP contribution in [-0.2, 0) is 5.41 Å². The van der Waals surface area contributed by atoms with Gasteiger partial charge in [-0.2, -0.15) is 0 Å². The predicted octanol–water partition coefficient (Wildman–Crippen LogP) is 9.97. The molecule has 0 N–H and O–H groups in total. The van der Waals surface area contributed by atoms with Crippen LogP contribution in [0.25, 0.3) is 44.2 Å². The smallest absolute Gasteiger partial charge is 0.0435 e. The minimum atomic E-state index is -0.195. The van der Waals surface area contributed by atoms with E-state index in [2.05, 4.69) is 134 Å². The Labute approximate surface area is 221 Å². The zero-order chi connectivity index (χ0) is 24.6. The molecule has 1 heterocycles. The molecule has 0 radical (unpaired) electrons. The van der Waals surface area contributed by atoms with E-state index >= 15 is 0 Å². The van der Waals surface area contributed by atoms with Crippen LogP contribution in [0.5, 0.6) is 0 Å². The van der Waals surface area contributed by atoms with Crippen LogP contribution in [0.3, 0.4) is 0 Å². The lowest BCUT2D eigenvalue weighted by Gasteiger charge is -2.29. The molecule has 0 fully saturated rings. The van der Waals surface area contributed by atoms with Crippen LogP contribution in [0.15, 0.2) is 137 Å². The molecule has 1 unspecified atom stereocenters. The van der Waals surface area contributed by atoms with E-state index in [1.54, 1.807) is 0 Å². The SMILES string of the molecule is CC1(c2ccccc2)c2ccccc2-c2ccc(-c3cccc4c3-c3cccc5cccc(c35)S4)cc21. The second-order valence-electron chi connectivity index (χ2n) is 10.2. The van der Waals surface area contributed by atoms with E-state index in [-0.39, 0.29) is 5.41 Å². The lowest BCUT2D eigenvalue weighted by molar-refractivity contribution is 0.714. The van der Waals surface area contributed by atoms with Gasteiger partial charge in [-0.1, -0.05) is 121 Å². The summed E-state index contributed by atoms with van der Waals surface area (Å²) in [5.41, 5.74) is 11.9. The van der Waals surface area contributed by atoms with E-state index in [0.29, 0.717) is 0 Å². The first kappa shape index (κ1) is 21.1. The van der Waals surface area contributed by atoms with Gasteiger partial charge in [0.05, 0.1) is 0 Å². The van der Waals surface area contributed by atoms with Crippen molar-refractivity contribution in [2.45, 2.75) is 22.1 Å². The molecule has 0 saturated heterocycles. The molecule has 6 aromatic rings. The molecule has 37 heavy (non-hydrogen) atoms. The Hall–Kier alpha value is -4.07. The van der Waals surface area contributed by atoms with E-state index in [1.165, 1.54) is 70.6 Å². The quantitative estimate of drug-likeness (QED) is 0.233. The van der Waals surface area contributed by atoms with Gasteiger partial charge in [-0.3, -0.25) is 0 Å². The normalized spacial score (nSPS) is 16.8. The number of hydrogen-bond donors (Lipinski definition) is 0. The third kappa shape index (κ3) is 2.86. The molecule has 1 aliphatic carbocycles. The van der Waals surface area contributed by atoms with Crippen molar-refractivity contribution in [2.24, 2.45) is 0 Å². The molecule has 0 nitrogen and oxygen atoms in total. The Morgan fingerprint density at radius 1 is 0.514 bits per heavy atom. The van der Waals surface area contributed by atoms with Gasteiger partial charge in [0, 0.05) is 26.2 Å². The lowest BCUT2D eigenvalue weighted by Crippen LogP contribution is -2.22. The summed E-state index contributed by atoms with van der Waals surface area (Å²) in [4.78, 5) is 2.68. The average Bonchev–Trinajstić information content (AvgIpc) is 3.22. The van der Waals surface area contributed by atoms with E-state index in [0.717, 1.165) is 0 Å². The number of rotatable bonds is 2. The van der Waals surface area contributed by atoms with Gasteiger partial charge in [-0.15, -0.1) is 0 Å². The summed E-state index contributed by atoms with van der Waals surface area (Å²) in [6.45, 7) is 2.39. The standard InChI is InChI=1S/C36H24S/c1-36(25-12-3-2-4-13-25)30-17-6-5-14-27(30)28-21-20-24(22-31(28)36)26-15-9-19-33-35(26)29-16-7-10-23-11-8-18-32(37-33)34(23)29/h2-22H,1H3. The summed E-state index contributed by atoms with van der Waals surface area (Å²) in [7, 11) is 0. The van der Waals surface area contributed by atoms with Gasteiger partial charge in [0.15, 0.2) is 0 Å². The van der Waals surface area contributed by atoms with Crippen molar-refractivity contribution >= 4 is 22.5 Å². The zero-order valence-corrected chi connectivity index (χ0v) is 21.3. The molecule has 0 amide bonds. The monoisotopic (exact) mass is 488 g/mol. The molecule has 1 atom stereocenters. The van der Waals surface area contributed by atoms with Crippen LogP contribution >= 0.6 is 11.8 Å². The minimum Gasteiger partial charge on any atom is -0.0888 e. The van der Waals surface area contributed by atoms with Gasteiger partial charge in [0.25, 0.3) is 0 Å². The summed E-state index contributed by atoms with van der Waals surface area (Å²) in [5, 5.41) is 2.68. The fourth-order valence-electron chi connectivity index (χ4n) is 6.59. The molecule has 0 aromatic heterocycles. The Morgan fingerprint density at radius 3 is 2.08 bits per heavy atom. The van der Waals surface area contributed by atoms with Gasteiger partial charge in [-0.25, -0.2) is 0 Å². The van der Waals surface area contributed by atoms with Crippen molar-refractivity contribution in [3.05, 3.63) is 144 Å². The van der Waals surface area contributed by atoms with Crippen LogP contribution in [-0.4, -0.2) is 0 Å². The van der Waals surface area contributed by atoms with Gasteiger partial charge in [-0.05, 0) is 75.0 Å². The highest BCUT2D eigenvalue weighted by Gasteiger charge is 2.40. The first-order valence-electron chi connectivity index (χ1n) is 12.9. The van der Waals surface area contributed by atoms with Crippen LogP contribution in [0.4, 0.5) is 0 Å². The van der Waals surface area contributed by atoms with E-state index in [4.69, 9.17) is 0 Å². The van der Waals surface area contributed by atoms with E-state index in [1.807, 2.05) is 11.8 Å². The van der Waals surface area contributed by atoms with E-state index in [9.17, 15) is 0 Å². The summed E-state index contributed by atoms with van der Waals surface area (Å²) in [5.74, 6) is 0. The van der Waals surface area contributed by atoms with Crippen LogP contribution in [0, 0.1) is 0 Å². The van der Waals surface area contributed by atoms with E-state index < -0.39 is 0 Å². The van der Waals surface area contributed by atoms with Crippen molar-refractivity contribution in [1.82, 2.24) is 0 Å². The van der Waals surface area contributed by atoms with Gasteiger partial charge in [0.2, 0.25) is 0 Å². The third-order valence-corrected chi connectivity index (χ3v) is 9.48. The maximum atomic E-state index is 2.46. The fraction of sp³-hybridized carbons (Fsp3) is 0.0556. The Balaban J connectivity index is 1.39. The summed E-state index contributed by atoms with van der Waals surface area (Å²) in [6.07, 6.45) is 0. The maximum absolute atomic E-state index is 2.46. The van der Waals surface area contributed by atoms with Gasteiger partial charge < -0.3 is 0 Å². The lowest BCUT2D eigenvalue weighted by atomic mass is 9.74. The molecule has 6 aromatic carbocycles. The summed E-state index contributed by atoms with van der Waals surface area (Å²) >= 11 is 1.90. The Morgan fingerprint density at radius 2 is 1.19 bits per heavy atom. The highest BCUT2D eigenvalue weighted by atomic mass is 32.2. The Kier molecular flexibility index (Phi) is 4.39. The van der Waals surface area contributed by atoms with Crippen molar-refractivity contribution in [3.63, 3.8) is 0 Å². The van der Waals surface area contributed by atoms with Crippen molar-refractivity contribution in [3.8, 4) is 33.4 Å². The fourth-order valence-corrected chi connectivity index (χ4v) is 7.78. The van der Waals surface area contributed by atoms with Gasteiger partial charge >= 0.3 is 0 Å². The molecule has 1 aliphatic heterocycles. The van der Waals surface area contributed by atoms with Crippen LogP contribution < -0.4 is 0 Å². The Bertz CT molecular complexity index is 1860. The molecule has 8 rings (SSSR count). The first-order chi connectivity index (χ1) is 18.2. The summed E-state index contributed by atoms with van der Waals surface area (Å²) < 4.78 is 0. The van der Waals surface area contributed by atoms with Crippen molar-refractivity contribution in [2.75, 3.05) is 0 Å². The molecule has 0 saturated carbocycles. The van der Waals surface area contributed by atoms with Crippen LogP contribution in [0.2, 0.25) is 0 Å². The maximum Gasteiger partial charge on any atom is 0.0435 e. The molecule has 0 spiro atoms. The number of benzene rings is 6. The topological polar surface area (TPSA) is 0 Å². The largest absolute Gasteiger partial charge is 0.0888 e. The number of hydrogen-bond acceptors (Lipinski definition) is 1. The minimum absolute atomic E-state index is 0.195. The highest BCUT2D eigenvalue weighted by Crippen LogP contribution is 2.55. The second kappa shape index (κ2) is 7.71. The van der Waals surface area contributed by atoms with Crippen molar-refractivity contribution < 1.29 is 0 Å². The molecule has 174 valence electrons. The first-order valence-corrected chi connectivity index (χ1v) is 13.7. The highest BCUT2D eigenvalue weighted by molar-refractivity contribution is 7.99. The molecular weight excluding hydrogens is 464 g/mol. The third-order valence-electron chi connectivity index (χ3n) is 8.36.